The van der Waals surface area contributed by atoms with Gasteiger partial charge in [0.05, 0.1) is 43.0 Å². The summed E-state index contributed by atoms with van der Waals surface area (Å²) in [4.78, 5) is 48.2. The molecule has 1 aliphatic heterocycles. The first-order valence-electron chi connectivity index (χ1n) is 13.3. The van der Waals surface area contributed by atoms with Crippen LogP contribution in [-0.4, -0.2) is 85.3 Å². The molecule has 42 heavy (non-hydrogen) atoms. The number of hydrogen-bond acceptors (Lipinski definition) is 10. The molecule has 1 fully saturated rings. The van der Waals surface area contributed by atoms with E-state index in [1.54, 1.807) is 37.6 Å². The predicted octanol–water partition coefficient (Wildman–Crippen LogP) is 2.58. The highest BCUT2D eigenvalue weighted by Gasteiger charge is 2.32. The third-order valence-electron chi connectivity index (χ3n) is 6.76. The van der Waals surface area contributed by atoms with Gasteiger partial charge in [0, 0.05) is 44.2 Å². The Balaban J connectivity index is 1.24. The monoisotopic (exact) mass is 596 g/mol. The van der Waals surface area contributed by atoms with Crippen molar-refractivity contribution in [2.45, 2.75) is 25.0 Å². The first-order chi connectivity index (χ1) is 20.3. The lowest BCUT2D eigenvalue weighted by atomic mass is 10.0. The number of ether oxygens (including phenoxy) is 3. The second kappa shape index (κ2) is 14.6. The van der Waals surface area contributed by atoms with Crippen LogP contribution in [0.5, 0.6) is 5.88 Å². The average molecular weight is 597 g/mol. The van der Waals surface area contributed by atoms with Gasteiger partial charge in [0.1, 0.15) is 11.4 Å². The molecule has 0 radical (unpaired) electrons. The first kappa shape index (κ1) is 30.7. The number of aromatic nitrogens is 2. The quantitative estimate of drug-likeness (QED) is 0.281. The number of benzene rings is 1. The Labute approximate surface area is 248 Å². The number of methoxy groups -OCH3 is 2. The molecule has 1 aromatic carbocycles. The maximum absolute atomic E-state index is 13.0. The van der Waals surface area contributed by atoms with Gasteiger partial charge in [-0.05, 0) is 48.9 Å². The SMILES string of the molecule is COc1nc(N)c(Cl)cc1C(=O)N[C@@H]1CCN(CC(=O)Nc2ccc(C(=O)OCCc3ccccn3)cc2)C[C@@H]1OC. The molecule has 222 valence electrons. The summed E-state index contributed by atoms with van der Waals surface area (Å²) in [6.45, 7) is 1.33. The van der Waals surface area contributed by atoms with E-state index >= 15 is 0 Å². The Hall–Kier alpha value is -4.26. The van der Waals surface area contributed by atoms with Crippen molar-refractivity contribution >= 4 is 40.9 Å². The molecule has 2 atom stereocenters. The van der Waals surface area contributed by atoms with E-state index in [2.05, 4.69) is 20.6 Å². The van der Waals surface area contributed by atoms with Crippen LogP contribution < -0.4 is 21.1 Å². The maximum atomic E-state index is 13.0. The number of nitrogens with one attached hydrogen (secondary N) is 2. The Morgan fingerprint density at radius 3 is 2.62 bits per heavy atom. The second-order valence-corrected chi connectivity index (χ2v) is 10.0. The van der Waals surface area contributed by atoms with Crippen LogP contribution in [0, 0.1) is 0 Å². The van der Waals surface area contributed by atoms with Crippen LogP contribution >= 0.6 is 11.6 Å². The zero-order valence-corrected chi connectivity index (χ0v) is 24.1. The maximum Gasteiger partial charge on any atom is 0.338 e. The normalized spacial score (nSPS) is 16.8. The predicted molar refractivity (Wildman–Crippen MR) is 157 cm³/mol. The minimum absolute atomic E-state index is 0.0670. The highest BCUT2D eigenvalue weighted by Crippen LogP contribution is 2.25. The highest BCUT2D eigenvalue weighted by molar-refractivity contribution is 6.33. The molecule has 12 nitrogen and oxygen atoms in total. The van der Waals surface area contributed by atoms with Crippen molar-refractivity contribution < 1.29 is 28.6 Å². The van der Waals surface area contributed by atoms with Gasteiger partial charge in [0.2, 0.25) is 11.8 Å². The van der Waals surface area contributed by atoms with Gasteiger partial charge in [-0.2, -0.15) is 4.98 Å². The molecular formula is C29H33ClN6O6. The Morgan fingerprint density at radius 1 is 1.14 bits per heavy atom. The third kappa shape index (κ3) is 8.15. The summed E-state index contributed by atoms with van der Waals surface area (Å²) >= 11 is 6.06. The molecule has 0 saturated carbocycles. The second-order valence-electron chi connectivity index (χ2n) is 9.62. The Morgan fingerprint density at radius 2 is 1.93 bits per heavy atom. The number of pyridine rings is 2. The number of nitrogens with zero attached hydrogens (tertiary/aromatic N) is 3. The summed E-state index contributed by atoms with van der Waals surface area (Å²) in [6, 6.07) is 13.2. The lowest BCUT2D eigenvalue weighted by Gasteiger charge is -2.37. The lowest BCUT2D eigenvalue weighted by molar-refractivity contribution is -0.118. The largest absolute Gasteiger partial charge is 0.480 e. The van der Waals surface area contributed by atoms with Crippen molar-refractivity contribution in [3.63, 3.8) is 0 Å². The number of nitrogen functional groups attached to an aromatic ring is 1. The number of piperidine rings is 1. The van der Waals surface area contributed by atoms with E-state index in [0.29, 0.717) is 37.2 Å². The van der Waals surface area contributed by atoms with Gasteiger partial charge in [-0.25, -0.2) is 4.79 Å². The standard InChI is InChI=1S/C29H33ClN6O6/c1-40-24-16-36(13-10-23(24)34-27(38)21-15-22(30)26(31)35-28(21)41-2)17-25(37)33-20-8-6-18(7-9-20)29(39)42-14-11-19-5-3-4-12-32-19/h3-9,12,15,23-24H,10-11,13-14,16-17H2,1-2H3,(H2,31,35)(H,33,37)(H,34,38)/t23-,24+/m1/s1. The van der Waals surface area contributed by atoms with E-state index in [-0.39, 0.29) is 53.5 Å². The number of rotatable bonds is 11. The molecule has 1 aliphatic rings. The molecule has 3 aromatic rings. The van der Waals surface area contributed by atoms with Crippen LogP contribution in [0.15, 0.2) is 54.7 Å². The molecule has 2 amide bonds. The van der Waals surface area contributed by atoms with Crippen molar-refractivity contribution in [1.82, 2.24) is 20.2 Å². The molecule has 4 rings (SSSR count). The molecule has 1 saturated heterocycles. The molecular weight excluding hydrogens is 564 g/mol. The van der Waals surface area contributed by atoms with Crippen molar-refractivity contribution in [3.8, 4) is 5.88 Å². The molecule has 3 heterocycles. The van der Waals surface area contributed by atoms with Gasteiger partial charge in [-0.3, -0.25) is 19.5 Å². The zero-order chi connectivity index (χ0) is 30.1. The van der Waals surface area contributed by atoms with Crippen molar-refractivity contribution in [2.24, 2.45) is 0 Å². The Kier molecular flexibility index (Phi) is 10.7. The fourth-order valence-corrected chi connectivity index (χ4v) is 4.70. The van der Waals surface area contributed by atoms with E-state index in [0.717, 1.165) is 5.69 Å². The van der Waals surface area contributed by atoms with E-state index in [1.165, 1.54) is 13.2 Å². The lowest BCUT2D eigenvalue weighted by Crippen LogP contribution is -2.55. The van der Waals surface area contributed by atoms with Crippen LogP contribution in [-0.2, 0) is 20.7 Å². The van der Waals surface area contributed by atoms with Crippen molar-refractivity contribution in [2.75, 3.05) is 51.5 Å². The number of esters is 1. The molecule has 13 heteroatoms. The summed E-state index contributed by atoms with van der Waals surface area (Å²) in [6.07, 6.45) is 2.41. The third-order valence-corrected chi connectivity index (χ3v) is 7.06. The topological polar surface area (TPSA) is 158 Å². The fraction of sp³-hybridized carbons (Fsp3) is 0.345. The Bertz CT molecular complexity index is 1390. The average Bonchev–Trinajstić information content (AvgIpc) is 2.99. The number of carbonyl (C=O) groups excluding carboxylic acids is 3. The number of nitrogens with two attached hydrogens (primary N) is 1. The number of likely N-dealkylation sites (tertiary alicyclic amines) is 1. The molecule has 0 bridgehead atoms. The van der Waals surface area contributed by atoms with E-state index < -0.39 is 11.9 Å². The number of carbonyl (C=O) groups is 3. The molecule has 4 N–H and O–H groups in total. The summed E-state index contributed by atoms with van der Waals surface area (Å²) in [5.41, 5.74) is 7.66. The van der Waals surface area contributed by atoms with Crippen LogP contribution in [0.25, 0.3) is 0 Å². The minimum atomic E-state index is -0.446. The van der Waals surface area contributed by atoms with E-state index in [4.69, 9.17) is 31.5 Å². The van der Waals surface area contributed by atoms with Gasteiger partial charge in [0.15, 0.2) is 0 Å². The van der Waals surface area contributed by atoms with E-state index in [1.807, 2.05) is 23.1 Å². The van der Waals surface area contributed by atoms with Gasteiger partial charge < -0.3 is 30.6 Å². The number of amides is 2. The van der Waals surface area contributed by atoms with Crippen LogP contribution in [0.3, 0.4) is 0 Å². The molecule has 2 aromatic heterocycles. The number of hydrogen-bond donors (Lipinski definition) is 3. The minimum Gasteiger partial charge on any atom is -0.480 e. The van der Waals surface area contributed by atoms with Crippen molar-refractivity contribution in [1.29, 1.82) is 0 Å². The molecule has 0 spiro atoms. The molecule has 0 aliphatic carbocycles. The first-order valence-corrected chi connectivity index (χ1v) is 13.7. The van der Waals surface area contributed by atoms with Gasteiger partial charge in [0.25, 0.3) is 5.91 Å². The van der Waals surface area contributed by atoms with Crippen molar-refractivity contribution in [3.05, 3.63) is 76.6 Å². The number of anilines is 2. The molecule has 0 unspecified atom stereocenters. The smallest absolute Gasteiger partial charge is 0.338 e. The van der Waals surface area contributed by atoms with Gasteiger partial charge >= 0.3 is 5.97 Å². The summed E-state index contributed by atoms with van der Waals surface area (Å²) < 4.78 is 16.1. The highest BCUT2D eigenvalue weighted by atomic mass is 35.5. The summed E-state index contributed by atoms with van der Waals surface area (Å²) in [5.74, 6) is -0.940. The van der Waals surface area contributed by atoms with Crippen LogP contribution in [0.2, 0.25) is 5.02 Å². The van der Waals surface area contributed by atoms with Crippen LogP contribution in [0.1, 0.15) is 32.8 Å². The fourth-order valence-electron chi connectivity index (χ4n) is 4.55. The van der Waals surface area contributed by atoms with Gasteiger partial charge in [-0.15, -0.1) is 0 Å². The zero-order valence-electron chi connectivity index (χ0n) is 23.3. The van der Waals surface area contributed by atoms with Crippen LogP contribution in [0.4, 0.5) is 11.5 Å². The number of halogens is 1. The summed E-state index contributed by atoms with van der Waals surface area (Å²) in [5, 5.41) is 5.95. The van der Waals surface area contributed by atoms with Gasteiger partial charge in [-0.1, -0.05) is 17.7 Å². The summed E-state index contributed by atoms with van der Waals surface area (Å²) in [7, 11) is 2.95. The van der Waals surface area contributed by atoms with E-state index in [9.17, 15) is 14.4 Å².